The Balaban J connectivity index is 2.12. The molecule has 0 radical (unpaired) electrons. The van der Waals surface area contributed by atoms with Crippen LogP contribution in [0.15, 0.2) is 35.5 Å². The molecule has 1 fully saturated rings. The summed E-state index contributed by atoms with van der Waals surface area (Å²) in [6, 6.07) is 0. The van der Waals surface area contributed by atoms with Crippen LogP contribution in [0, 0.1) is 17.3 Å². The van der Waals surface area contributed by atoms with Gasteiger partial charge in [0.25, 0.3) is 0 Å². The lowest BCUT2D eigenvalue weighted by Gasteiger charge is -2.34. The maximum absolute atomic E-state index is 2.43. The highest BCUT2D eigenvalue weighted by molar-refractivity contribution is 5.43. The second-order valence-corrected chi connectivity index (χ2v) is 5.92. The van der Waals surface area contributed by atoms with Crippen LogP contribution in [-0.4, -0.2) is 0 Å². The maximum atomic E-state index is 2.43. The summed E-state index contributed by atoms with van der Waals surface area (Å²) in [6.07, 6.45) is 14.8. The van der Waals surface area contributed by atoms with E-state index in [1.807, 2.05) is 0 Å². The van der Waals surface area contributed by atoms with Crippen molar-refractivity contribution in [2.45, 2.75) is 39.5 Å². The summed E-state index contributed by atoms with van der Waals surface area (Å²) in [6.45, 7) is 4.87. The molecule has 1 saturated carbocycles. The molecule has 0 heterocycles. The SMILES string of the molecule is CC1(C)CCC2CCC3C=CC=CC3=C21. The molecule has 80 valence electrons. The second-order valence-electron chi connectivity index (χ2n) is 5.92. The molecule has 15 heavy (non-hydrogen) atoms. The van der Waals surface area contributed by atoms with Gasteiger partial charge < -0.3 is 0 Å². The molecule has 0 aromatic carbocycles. The van der Waals surface area contributed by atoms with E-state index in [1.165, 1.54) is 25.7 Å². The minimum Gasteiger partial charge on any atom is -0.0770 e. The molecule has 0 nitrogen and oxygen atoms in total. The number of fused-ring (bicyclic) bond motifs is 2. The molecule has 2 unspecified atom stereocenters. The Labute approximate surface area is 92.8 Å². The van der Waals surface area contributed by atoms with Gasteiger partial charge in [0.05, 0.1) is 0 Å². The number of hydrogen-bond donors (Lipinski definition) is 0. The molecule has 3 rings (SSSR count). The summed E-state index contributed by atoms with van der Waals surface area (Å²) in [5, 5.41) is 0. The summed E-state index contributed by atoms with van der Waals surface area (Å²) >= 11 is 0. The van der Waals surface area contributed by atoms with Crippen molar-refractivity contribution < 1.29 is 0 Å². The Morgan fingerprint density at radius 3 is 2.87 bits per heavy atom. The Hall–Kier alpha value is -0.780. The molecule has 0 bridgehead atoms. The van der Waals surface area contributed by atoms with Gasteiger partial charge in [-0.05, 0) is 42.6 Å². The van der Waals surface area contributed by atoms with Crippen LogP contribution in [0.4, 0.5) is 0 Å². The van der Waals surface area contributed by atoms with E-state index in [4.69, 9.17) is 0 Å². The minimum atomic E-state index is 0.466. The lowest BCUT2D eigenvalue weighted by molar-refractivity contribution is 0.429. The van der Waals surface area contributed by atoms with Crippen molar-refractivity contribution in [3.63, 3.8) is 0 Å². The average Bonchev–Trinajstić information content (AvgIpc) is 2.55. The molecular formula is C15H20. The molecule has 0 aromatic rings. The maximum Gasteiger partial charge on any atom is 0.00211 e. The second kappa shape index (κ2) is 3.10. The van der Waals surface area contributed by atoms with Crippen LogP contribution in [0.1, 0.15) is 39.5 Å². The zero-order valence-corrected chi connectivity index (χ0v) is 9.79. The molecule has 0 aliphatic heterocycles. The van der Waals surface area contributed by atoms with Crippen molar-refractivity contribution in [3.05, 3.63) is 35.5 Å². The first kappa shape index (κ1) is 9.45. The number of hydrogen-bond acceptors (Lipinski definition) is 0. The Morgan fingerprint density at radius 2 is 2.00 bits per heavy atom. The van der Waals surface area contributed by atoms with Crippen LogP contribution in [0.2, 0.25) is 0 Å². The predicted octanol–water partition coefficient (Wildman–Crippen LogP) is 4.26. The molecule has 0 heteroatoms. The summed E-state index contributed by atoms with van der Waals surface area (Å²) in [5.74, 6) is 1.64. The van der Waals surface area contributed by atoms with Crippen molar-refractivity contribution >= 4 is 0 Å². The van der Waals surface area contributed by atoms with Crippen molar-refractivity contribution in [1.82, 2.24) is 0 Å². The zero-order valence-electron chi connectivity index (χ0n) is 9.79. The third-order valence-corrected chi connectivity index (χ3v) is 4.52. The molecule has 3 aliphatic rings. The Bertz CT molecular complexity index is 365. The van der Waals surface area contributed by atoms with Gasteiger partial charge >= 0.3 is 0 Å². The van der Waals surface area contributed by atoms with E-state index in [2.05, 4.69) is 38.2 Å². The third kappa shape index (κ3) is 1.34. The third-order valence-electron chi connectivity index (χ3n) is 4.52. The van der Waals surface area contributed by atoms with Crippen LogP contribution >= 0.6 is 0 Å². The fourth-order valence-corrected chi connectivity index (χ4v) is 3.79. The monoisotopic (exact) mass is 200 g/mol. The largest absolute Gasteiger partial charge is 0.0770 e. The van der Waals surface area contributed by atoms with Gasteiger partial charge in [-0.25, -0.2) is 0 Å². The first-order chi connectivity index (χ1) is 7.18. The van der Waals surface area contributed by atoms with Crippen LogP contribution in [0.3, 0.4) is 0 Å². The first-order valence-electron chi connectivity index (χ1n) is 6.28. The van der Waals surface area contributed by atoms with Crippen LogP contribution in [0.5, 0.6) is 0 Å². The summed E-state index contributed by atoms with van der Waals surface area (Å²) < 4.78 is 0. The molecule has 3 aliphatic carbocycles. The first-order valence-corrected chi connectivity index (χ1v) is 6.28. The topological polar surface area (TPSA) is 0 Å². The summed E-state index contributed by atoms with van der Waals surface area (Å²) in [5.41, 5.74) is 3.92. The van der Waals surface area contributed by atoms with Crippen molar-refractivity contribution in [1.29, 1.82) is 0 Å². The molecule has 0 aromatic heterocycles. The van der Waals surface area contributed by atoms with E-state index in [0.29, 0.717) is 5.41 Å². The highest BCUT2D eigenvalue weighted by Crippen LogP contribution is 2.54. The van der Waals surface area contributed by atoms with Crippen LogP contribution in [-0.2, 0) is 0 Å². The average molecular weight is 200 g/mol. The highest BCUT2D eigenvalue weighted by atomic mass is 14.5. The Morgan fingerprint density at radius 1 is 1.13 bits per heavy atom. The normalized spacial score (nSPS) is 36.7. The molecular weight excluding hydrogens is 180 g/mol. The minimum absolute atomic E-state index is 0.466. The van der Waals surface area contributed by atoms with E-state index in [0.717, 1.165) is 11.8 Å². The summed E-state index contributed by atoms with van der Waals surface area (Å²) in [4.78, 5) is 0. The van der Waals surface area contributed by atoms with Crippen LogP contribution in [0.25, 0.3) is 0 Å². The Kier molecular flexibility index (Phi) is 1.95. The summed E-state index contributed by atoms with van der Waals surface area (Å²) in [7, 11) is 0. The molecule has 0 N–H and O–H groups in total. The van der Waals surface area contributed by atoms with Crippen molar-refractivity contribution in [2.75, 3.05) is 0 Å². The van der Waals surface area contributed by atoms with Gasteiger partial charge in [-0.1, -0.05) is 43.7 Å². The van der Waals surface area contributed by atoms with Crippen molar-refractivity contribution in [3.8, 4) is 0 Å². The molecule has 0 spiro atoms. The van der Waals surface area contributed by atoms with Gasteiger partial charge in [-0.3, -0.25) is 0 Å². The van der Waals surface area contributed by atoms with E-state index < -0.39 is 0 Å². The van der Waals surface area contributed by atoms with Gasteiger partial charge in [0, 0.05) is 5.92 Å². The van der Waals surface area contributed by atoms with Gasteiger partial charge in [0.15, 0.2) is 0 Å². The standard InChI is InChI=1S/C15H20/c1-15(2)10-9-12-8-7-11-5-3-4-6-13(11)14(12)15/h3-6,11-12H,7-10H2,1-2H3. The lowest BCUT2D eigenvalue weighted by Crippen LogP contribution is -2.21. The zero-order chi connectivity index (χ0) is 10.5. The fraction of sp³-hybridized carbons (Fsp3) is 0.600. The molecule has 2 atom stereocenters. The van der Waals surface area contributed by atoms with E-state index in [9.17, 15) is 0 Å². The van der Waals surface area contributed by atoms with Gasteiger partial charge in [0.2, 0.25) is 0 Å². The van der Waals surface area contributed by atoms with Crippen LogP contribution < -0.4 is 0 Å². The fourth-order valence-electron chi connectivity index (χ4n) is 3.79. The smallest absolute Gasteiger partial charge is 0.00211 e. The van der Waals surface area contributed by atoms with Crippen molar-refractivity contribution in [2.24, 2.45) is 17.3 Å². The van der Waals surface area contributed by atoms with Gasteiger partial charge in [0.1, 0.15) is 0 Å². The van der Waals surface area contributed by atoms with E-state index in [-0.39, 0.29) is 0 Å². The van der Waals surface area contributed by atoms with Gasteiger partial charge in [-0.2, -0.15) is 0 Å². The quantitative estimate of drug-likeness (QED) is 0.548. The molecule has 0 saturated heterocycles. The molecule has 0 amide bonds. The van der Waals surface area contributed by atoms with Gasteiger partial charge in [-0.15, -0.1) is 0 Å². The predicted molar refractivity (Wildman–Crippen MR) is 64.5 cm³/mol. The van der Waals surface area contributed by atoms with E-state index >= 15 is 0 Å². The number of rotatable bonds is 0. The number of allylic oxidation sites excluding steroid dienone is 6. The highest BCUT2D eigenvalue weighted by Gasteiger charge is 2.41. The van der Waals surface area contributed by atoms with E-state index in [1.54, 1.807) is 11.1 Å². The lowest BCUT2D eigenvalue weighted by atomic mass is 9.71.